The van der Waals surface area contributed by atoms with Gasteiger partial charge in [0, 0.05) is 25.2 Å². The molecule has 1 amide bonds. The molecule has 0 radical (unpaired) electrons. The predicted octanol–water partition coefficient (Wildman–Crippen LogP) is 4.63. The molecule has 9 nitrogen and oxygen atoms in total. The van der Waals surface area contributed by atoms with Crippen molar-refractivity contribution in [2.75, 3.05) is 13.7 Å². The van der Waals surface area contributed by atoms with Gasteiger partial charge in [0.25, 0.3) is 0 Å². The summed E-state index contributed by atoms with van der Waals surface area (Å²) in [5, 5.41) is 2.57. The lowest BCUT2D eigenvalue weighted by Crippen LogP contribution is -2.51. The number of hydrogen-bond acceptors (Lipinski definition) is 6. The van der Waals surface area contributed by atoms with Gasteiger partial charge in [-0.2, -0.15) is 4.72 Å². The average molecular weight is 570 g/mol. The molecule has 38 heavy (non-hydrogen) atoms. The van der Waals surface area contributed by atoms with Crippen LogP contribution in [0.15, 0.2) is 70.0 Å². The third kappa shape index (κ3) is 11.6. The van der Waals surface area contributed by atoms with E-state index in [1.165, 1.54) is 19.7 Å². The Morgan fingerprint density at radius 1 is 1.26 bits per heavy atom. The molecule has 0 saturated heterocycles. The SMILES string of the molecule is C=C(/C=C\CC)N=CN(CC(C)C(=O)NC(C)C)C(CC=NC(=C)OC)NS(=O)(=O)c1ccc(F)cc1Cl. The number of ether oxygens (including phenoxy) is 1. The molecule has 0 heterocycles. The number of benzene rings is 1. The molecule has 0 aliphatic rings. The maximum atomic E-state index is 13.6. The molecular formula is C26H37ClFN5O4S. The Labute approximate surface area is 230 Å². The number of carbonyl (C=O) groups is 1. The topological polar surface area (TPSA) is 112 Å². The van der Waals surface area contributed by atoms with Crippen LogP contribution in [0, 0.1) is 11.7 Å². The van der Waals surface area contributed by atoms with Gasteiger partial charge in [-0.1, -0.05) is 38.1 Å². The van der Waals surface area contributed by atoms with E-state index < -0.39 is 27.9 Å². The van der Waals surface area contributed by atoms with Crippen molar-refractivity contribution in [1.29, 1.82) is 0 Å². The molecule has 0 aliphatic carbocycles. The first-order valence-corrected chi connectivity index (χ1v) is 13.8. The molecule has 0 aliphatic heterocycles. The summed E-state index contributed by atoms with van der Waals surface area (Å²) in [6.45, 7) is 15.0. The summed E-state index contributed by atoms with van der Waals surface area (Å²) in [7, 11) is -2.84. The number of hydrogen-bond donors (Lipinski definition) is 2. The average Bonchev–Trinajstić information content (AvgIpc) is 2.83. The Morgan fingerprint density at radius 3 is 2.53 bits per heavy atom. The predicted molar refractivity (Wildman–Crippen MR) is 151 cm³/mol. The number of aliphatic imine (C=N–C) groups is 2. The van der Waals surface area contributed by atoms with Crippen molar-refractivity contribution in [3.8, 4) is 0 Å². The Morgan fingerprint density at radius 2 is 1.95 bits per heavy atom. The molecule has 0 bridgehead atoms. The fraction of sp³-hybridized carbons (Fsp3) is 0.423. The van der Waals surface area contributed by atoms with Crippen LogP contribution in [0.3, 0.4) is 0 Å². The smallest absolute Gasteiger partial charge is 0.243 e. The van der Waals surface area contributed by atoms with Crippen LogP contribution in [-0.4, -0.2) is 57.6 Å². The lowest BCUT2D eigenvalue weighted by Gasteiger charge is -2.32. The first-order valence-electron chi connectivity index (χ1n) is 12.0. The molecule has 12 heteroatoms. The van der Waals surface area contributed by atoms with Crippen LogP contribution in [-0.2, 0) is 19.6 Å². The number of amides is 1. The highest BCUT2D eigenvalue weighted by Crippen LogP contribution is 2.23. The Bertz CT molecular complexity index is 1170. The molecule has 0 saturated carbocycles. The van der Waals surface area contributed by atoms with Crippen molar-refractivity contribution in [3.05, 3.63) is 65.9 Å². The van der Waals surface area contributed by atoms with Gasteiger partial charge in [-0.15, -0.1) is 0 Å². The summed E-state index contributed by atoms with van der Waals surface area (Å²) in [6.07, 6.45) is 6.29. The number of nitrogens with one attached hydrogen (secondary N) is 2. The molecule has 0 fully saturated rings. The van der Waals surface area contributed by atoms with Gasteiger partial charge in [0.1, 0.15) is 10.7 Å². The summed E-state index contributed by atoms with van der Waals surface area (Å²) >= 11 is 6.04. The Hall–Kier alpha value is -3.02. The molecule has 2 N–H and O–H groups in total. The van der Waals surface area contributed by atoms with Crippen molar-refractivity contribution in [2.45, 2.75) is 57.6 Å². The third-order valence-corrected chi connectivity index (χ3v) is 6.90. The third-order valence-electron chi connectivity index (χ3n) is 4.96. The van der Waals surface area contributed by atoms with Crippen LogP contribution < -0.4 is 10.0 Å². The zero-order valence-corrected chi connectivity index (χ0v) is 24.0. The highest BCUT2D eigenvalue weighted by atomic mass is 35.5. The Balaban J connectivity index is 3.48. The van der Waals surface area contributed by atoms with Gasteiger partial charge in [-0.3, -0.25) is 4.79 Å². The number of carbonyl (C=O) groups excluding carboxylic acids is 1. The highest BCUT2D eigenvalue weighted by Gasteiger charge is 2.28. The van der Waals surface area contributed by atoms with Crippen molar-refractivity contribution in [2.24, 2.45) is 15.9 Å². The van der Waals surface area contributed by atoms with Gasteiger partial charge in [-0.25, -0.2) is 22.8 Å². The summed E-state index contributed by atoms with van der Waals surface area (Å²) in [4.78, 5) is 22.3. The lowest BCUT2D eigenvalue weighted by molar-refractivity contribution is -0.125. The molecule has 1 aromatic carbocycles. The van der Waals surface area contributed by atoms with E-state index in [1.54, 1.807) is 17.9 Å². The number of allylic oxidation sites excluding steroid dienone is 2. The number of sulfonamides is 1. The maximum absolute atomic E-state index is 13.6. The molecule has 2 unspecified atom stereocenters. The molecule has 0 aromatic heterocycles. The standard InChI is InChI=1S/C26H37ClFN5O4S/c1-8-9-10-20(5)30-17-33(16-19(4)26(34)31-18(2)3)25(13-14-29-21(6)37-7)32-38(35,36)24-12-11-22(28)15-23(24)27/h9-12,14-15,17-19,25,32H,5-6,8,13,16H2,1-4,7H3,(H,31,34)/b10-9-,29-14?,30-17?. The first-order chi connectivity index (χ1) is 17.8. The minimum Gasteiger partial charge on any atom is -0.481 e. The van der Waals surface area contributed by atoms with Crippen LogP contribution in [0.5, 0.6) is 0 Å². The molecule has 2 atom stereocenters. The van der Waals surface area contributed by atoms with Gasteiger partial charge < -0.3 is 15.0 Å². The monoisotopic (exact) mass is 569 g/mol. The van der Waals surface area contributed by atoms with Gasteiger partial charge >= 0.3 is 0 Å². The molecule has 0 spiro atoms. The largest absolute Gasteiger partial charge is 0.481 e. The van der Waals surface area contributed by atoms with Crippen LogP contribution >= 0.6 is 11.6 Å². The van der Waals surface area contributed by atoms with Gasteiger partial charge in [0.15, 0.2) is 0 Å². The summed E-state index contributed by atoms with van der Waals surface area (Å²) in [5.74, 6) is -1.31. The lowest BCUT2D eigenvalue weighted by atomic mass is 10.1. The van der Waals surface area contributed by atoms with E-state index in [0.29, 0.717) is 5.70 Å². The number of rotatable bonds is 16. The second kappa shape index (κ2) is 16.1. The van der Waals surface area contributed by atoms with E-state index >= 15 is 0 Å². The van der Waals surface area contributed by atoms with Gasteiger partial charge in [-0.05, 0) is 51.1 Å². The van der Waals surface area contributed by atoms with Gasteiger partial charge in [0.05, 0.1) is 36.3 Å². The fourth-order valence-corrected chi connectivity index (χ4v) is 4.77. The fourth-order valence-electron chi connectivity index (χ4n) is 3.02. The second-order valence-electron chi connectivity index (χ2n) is 8.66. The van der Waals surface area contributed by atoms with Crippen LogP contribution in [0.1, 0.15) is 40.5 Å². The van der Waals surface area contributed by atoms with E-state index in [9.17, 15) is 17.6 Å². The van der Waals surface area contributed by atoms with Crippen molar-refractivity contribution in [1.82, 2.24) is 14.9 Å². The number of nitrogens with zero attached hydrogens (tertiary/aromatic N) is 3. The molecule has 210 valence electrons. The quantitative estimate of drug-likeness (QED) is 0.0990. The Kier molecular flexibility index (Phi) is 13.9. The minimum atomic E-state index is -4.24. The van der Waals surface area contributed by atoms with Crippen molar-refractivity contribution >= 4 is 40.1 Å². The van der Waals surface area contributed by atoms with Crippen molar-refractivity contribution in [3.63, 3.8) is 0 Å². The summed E-state index contributed by atoms with van der Waals surface area (Å²) in [6, 6.07) is 2.91. The minimum absolute atomic E-state index is 0.0300. The van der Waals surface area contributed by atoms with E-state index in [1.807, 2.05) is 26.8 Å². The van der Waals surface area contributed by atoms with Crippen molar-refractivity contribution < 1.29 is 22.3 Å². The van der Waals surface area contributed by atoms with Gasteiger partial charge in [0.2, 0.25) is 21.8 Å². The van der Waals surface area contributed by atoms with Crippen LogP contribution in [0.2, 0.25) is 5.02 Å². The number of methoxy groups -OCH3 is 1. The second-order valence-corrected chi connectivity index (χ2v) is 10.8. The summed E-state index contributed by atoms with van der Waals surface area (Å²) < 4.78 is 47.7. The van der Waals surface area contributed by atoms with E-state index in [0.717, 1.165) is 24.6 Å². The maximum Gasteiger partial charge on any atom is 0.243 e. The first kappa shape index (κ1) is 33.0. The molecular weight excluding hydrogens is 533 g/mol. The van der Waals surface area contributed by atoms with E-state index in [-0.39, 0.29) is 40.7 Å². The van der Waals surface area contributed by atoms with Crippen LogP contribution in [0.25, 0.3) is 0 Å². The van der Waals surface area contributed by atoms with E-state index in [2.05, 4.69) is 33.2 Å². The zero-order valence-electron chi connectivity index (χ0n) is 22.4. The molecule has 1 rings (SSSR count). The number of halogens is 2. The van der Waals surface area contributed by atoms with E-state index in [4.69, 9.17) is 16.3 Å². The zero-order chi connectivity index (χ0) is 28.9. The van der Waals surface area contributed by atoms with Crippen LogP contribution in [0.4, 0.5) is 4.39 Å². The highest BCUT2D eigenvalue weighted by molar-refractivity contribution is 7.89. The normalized spacial score (nSPS) is 13.8. The summed E-state index contributed by atoms with van der Waals surface area (Å²) in [5.41, 5.74) is 0.431. The molecule has 1 aromatic rings.